The highest BCUT2D eigenvalue weighted by atomic mass is 32.1. The predicted octanol–water partition coefficient (Wildman–Crippen LogP) is 1.52. The van der Waals surface area contributed by atoms with Crippen LogP contribution in [0, 0.1) is 11.8 Å². The van der Waals surface area contributed by atoms with Crippen LogP contribution in [-0.4, -0.2) is 80.0 Å². The SMILES string of the molecule is CN(C)C(=O)C[C@@H]1CN(Cc2cccs2)[C@@H]2CO[C@@H](CC(=O)N(C)C)[C@H]12. The van der Waals surface area contributed by atoms with Gasteiger partial charge in [0.25, 0.3) is 0 Å². The Labute approximate surface area is 159 Å². The third-order valence-corrected chi connectivity index (χ3v) is 6.45. The molecule has 0 N–H and O–H groups in total. The van der Waals surface area contributed by atoms with Gasteiger partial charge in [0, 0.05) is 64.5 Å². The van der Waals surface area contributed by atoms with Gasteiger partial charge in [0.1, 0.15) is 0 Å². The molecule has 2 aliphatic rings. The summed E-state index contributed by atoms with van der Waals surface area (Å²) in [6.45, 7) is 2.43. The largest absolute Gasteiger partial charge is 0.376 e. The summed E-state index contributed by atoms with van der Waals surface area (Å²) in [5, 5.41) is 2.10. The summed E-state index contributed by atoms with van der Waals surface area (Å²) in [5.41, 5.74) is 0. The van der Waals surface area contributed by atoms with E-state index in [1.165, 1.54) is 4.88 Å². The maximum atomic E-state index is 12.3. The van der Waals surface area contributed by atoms with Crippen molar-refractivity contribution in [2.24, 2.45) is 11.8 Å². The van der Waals surface area contributed by atoms with Crippen molar-refractivity contribution < 1.29 is 14.3 Å². The van der Waals surface area contributed by atoms with Gasteiger partial charge in [0.15, 0.2) is 0 Å². The van der Waals surface area contributed by atoms with Gasteiger partial charge in [-0.15, -0.1) is 11.3 Å². The lowest BCUT2D eigenvalue weighted by Crippen LogP contribution is -2.35. The number of amides is 2. The van der Waals surface area contributed by atoms with Crippen molar-refractivity contribution in [1.82, 2.24) is 14.7 Å². The fraction of sp³-hybridized carbons (Fsp3) is 0.684. The standard InChI is InChI=1S/C19H29N3O3S/c1-20(2)17(23)8-13-10-22(11-14-6-5-7-26-14)15-12-25-16(19(13)15)9-18(24)21(3)4/h5-7,13,15-16,19H,8-12H2,1-4H3/t13-,15-,16+,19-/m1/s1. The molecule has 2 amide bonds. The molecule has 2 saturated heterocycles. The maximum absolute atomic E-state index is 12.3. The quantitative estimate of drug-likeness (QED) is 0.752. The zero-order valence-corrected chi connectivity index (χ0v) is 16.9. The Morgan fingerprint density at radius 3 is 2.50 bits per heavy atom. The summed E-state index contributed by atoms with van der Waals surface area (Å²) < 4.78 is 6.05. The molecule has 0 spiro atoms. The molecule has 6 nitrogen and oxygen atoms in total. The number of fused-ring (bicyclic) bond motifs is 1. The second kappa shape index (κ2) is 8.06. The number of nitrogens with zero attached hydrogens (tertiary/aromatic N) is 3. The Morgan fingerprint density at radius 1 is 1.19 bits per heavy atom. The van der Waals surface area contributed by atoms with E-state index in [1.54, 1.807) is 49.3 Å². The summed E-state index contributed by atoms with van der Waals surface area (Å²) in [6, 6.07) is 4.52. The smallest absolute Gasteiger partial charge is 0.224 e. The van der Waals surface area contributed by atoms with Crippen LogP contribution in [0.5, 0.6) is 0 Å². The monoisotopic (exact) mass is 379 g/mol. The van der Waals surface area contributed by atoms with Crippen LogP contribution in [0.4, 0.5) is 0 Å². The highest BCUT2D eigenvalue weighted by Gasteiger charge is 2.51. The van der Waals surface area contributed by atoms with E-state index >= 15 is 0 Å². The maximum Gasteiger partial charge on any atom is 0.224 e. The summed E-state index contributed by atoms with van der Waals surface area (Å²) >= 11 is 1.76. The van der Waals surface area contributed by atoms with Crippen molar-refractivity contribution in [3.05, 3.63) is 22.4 Å². The van der Waals surface area contributed by atoms with E-state index in [0.717, 1.165) is 13.1 Å². The van der Waals surface area contributed by atoms with Crippen molar-refractivity contribution in [2.45, 2.75) is 31.5 Å². The molecule has 2 fully saturated rings. The van der Waals surface area contributed by atoms with Crippen LogP contribution in [0.2, 0.25) is 0 Å². The molecule has 7 heteroatoms. The summed E-state index contributed by atoms with van der Waals surface area (Å²) in [5.74, 6) is 0.710. The van der Waals surface area contributed by atoms with Crippen molar-refractivity contribution in [3.8, 4) is 0 Å². The number of hydrogen-bond donors (Lipinski definition) is 0. The third-order valence-electron chi connectivity index (χ3n) is 5.59. The third kappa shape index (κ3) is 4.10. The molecule has 3 rings (SSSR count). The predicted molar refractivity (Wildman–Crippen MR) is 102 cm³/mol. The molecule has 3 heterocycles. The first-order chi connectivity index (χ1) is 12.4. The molecule has 0 bridgehead atoms. The number of thiophene rings is 1. The molecule has 144 valence electrons. The van der Waals surface area contributed by atoms with Gasteiger partial charge in [-0.3, -0.25) is 14.5 Å². The van der Waals surface area contributed by atoms with Gasteiger partial charge in [-0.25, -0.2) is 0 Å². The first-order valence-corrected chi connectivity index (χ1v) is 10.0. The minimum atomic E-state index is -0.0943. The van der Waals surface area contributed by atoms with Crippen LogP contribution in [0.15, 0.2) is 17.5 Å². The normalized spacial score (nSPS) is 28.2. The molecule has 0 aliphatic carbocycles. The minimum Gasteiger partial charge on any atom is -0.376 e. The molecule has 0 radical (unpaired) electrons. The van der Waals surface area contributed by atoms with Gasteiger partial charge in [0.05, 0.1) is 19.1 Å². The van der Waals surface area contributed by atoms with Crippen molar-refractivity contribution in [2.75, 3.05) is 41.3 Å². The van der Waals surface area contributed by atoms with Crippen molar-refractivity contribution in [3.63, 3.8) is 0 Å². The van der Waals surface area contributed by atoms with E-state index in [4.69, 9.17) is 4.74 Å². The zero-order chi connectivity index (χ0) is 18.8. The number of hydrogen-bond acceptors (Lipinski definition) is 5. The van der Waals surface area contributed by atoms with E-state index in [9.17, 15) is 9.59 Å². The molecular weight excluding hydrogens is 350 g/mol. The van der Waals surface area contributed by atoms with E-state index in [-0.39, 0.29) is 35.8 Å². The summed E-state index contributed by atoms with van der Waals surface area (Å²) in [7, 11) is 7.16. The Hall–Kier alpha value is -1.44. The van der Waals surface area contributed by atoms with Crippen LogP contribution in [0.1, 0.15) is 17.7 Å². The lowest BCUT2D eigenvalue weighted by Gasteiger charge is -2.24. The van der Waals surface area contributed by atoms with Crippen LogP contribution in [0.25, 0.3) is 0 Å². The minimum absolute atomic E-state index is 0.0880. The second-order valence-corrected chi connectivity index (χ2v) is 8.80. The molecule has 0 aromatic carbocycles. The van der Waals surface area contributed by atoms with Gasteiger partial charge < -0.3 is 14.5 Å². The Balaban J connectivity index is 1.75. The topological polar surface area (TPSA) is 53.1 Å². The summed E-state index contributed by atoms with van der Waals surface area (Å²) in [4.78, 5) is 31.6. The average molecular weight is 380 g/mol. The number of carbonyl (C=O) groups is 2. The van der Waals surface area contributed by atoms with Gasteiger partial charge in [-0.1, -0.05) is 6.07 Å². The van der Waals surface area contributed by atoms with E-state index in [0.29, 0.717) is 19.4 Å². The fourth-order valence-electron chi connectivity index (χ4n) is 4.16. The first kappa shape index (κ1) is 19.3. The zero-order valence-electron chi connectivity index (χ0n) is 16.1. The molecule has 0 saturated carbocycles. The number of carbonyl (C=O) groups excluding carboxylic acids is 2. The van der Waals surface area contributed by atoms with E-state index < -0.39 is 0 Å². The first-order valence-electron chi connectivity index (χ1n) is 9.15. The number of ether oxygens (including phenoxy) is 1. The second-order valence-electron chi connectivity index (χ2n) is 7.77. The highest BCUT2D eigenvalue weighted by Crippen LogP contribution is 2.42. The molecular formula is C19H29N3O3S. The Bertz CT molecular complexity index is 632. The number of rotatable bonds is 6. The van der Waals surface area contributed by atoms with Crippen molar-refractivity contribution >= 4 is 23.2 Å². The fourth-order valence-corrected chi connectivity index (χ4v) is 4.89. The van der Waals surface area contributed by atoms with Gasteiger partial charge in [0.2, 0.25) is 11.8 Å². The Kier molecular flexibility index (Phi) is 5.99. The Morgan fingerprint density at radius 2 is 1.88 bits per heavy atom. The van der Waals surface area contributed by atoms with Gasteiger partial charge in [-0.2, -0.15) is 0 Å². The van der Waals surface area contributed by atoms with E-state index in [2.05, 4.69) is 22.4 Å². The number of likely N-dealkylation sites (tertiary alicyclic amines) is 1. The van der Waals surface area contributed by atoms with Gasteiger partial charge >= 0.3 is 0 Å². The molecule has 2 aliphatic heterocycles. The van der Waals surface area contributed by atoms with Gasteiger partial charge in [-0.05, 0) is 17.4 Å². The lowest BCUT2D eigenvalue weighted by atomic mass is 9.84. The molecule has 4 atom stereocenters. The molecule has 26 heavy (non-hydrogen) atoms. The molecule has 1 aromatic rings. The van der Waals surface area contributed by atoms with E-state index in [1.807, 2.05) is 0 Å². The molecule has 0 unspecified atom stereocenters. The van der Waals surface area contributed by atoms with Crippen LogP contribution >= 0.6 is 11.3 Å². The van der Waals surface area contributed by atoms with Crippen LogP contribution < -0.4 is 0 Å². The highest BCUT2D eigenvalue weighted by molar-refractivity contribution is 7.09. The van der Waals surface area contributed by atoms with Crippen molar-refractivity contribution in [1.29, 1.82) is 0 Å². The average Bonchev–Trinajstić information content (AvgIpc) is 3.28. The van der Waals surface area contributed by atoms with Crippen LogP contribution in [-0.2, 0) is 20.9 Å². The molecule has 1 aromatic heterocycles. The summed E-state index contributed by atoms with van der Waals surface area (Å²) in [6.07, 6.45) is 0.821. The lowest BCUT2D eigenvalue weighted by molar-refractivity contribution is -0.131. The van der Waals surface area contributed by atoms with Crippen LogP contribution in [0.3, 0.4) is 0 Å².